The molecule has 3 aromatic rings. The summed E-state index contributed by atoms with van der Waals surface area (Å²) < 4.78 is 30.0. The van der Waals surface area contributed by atoms with Gasteiger partial charge >= 0.3 is 0 Å². The number of sulfonamides is 1. The summed E-state index contributed by atoms with van der Waals surface area (Å²) in [4.78, 5) is 2.63. The van der Waals surface area contributed by atoms with Gasteiger partial charge in [0.15, 0.2) is 0 Å². The molecule has 0 saturated carbocycles. The number of aryl methyl sites for hydroxylation is 1. The third-order valence-electron chi connectivity index (χ3n) is 5.33. The number of aromatic nitrogens is 1. The van der Waals surface area contributed by atoms with Gasteiger partial charge in [-0.3, -0.25) is 4.72 Å². The Morgan fingerprint density at radius 1 is 0.893 bits per heavy atom. The molecule has 0 aliphatic carbocycles. The average molecular weight is 396 g/mol. The Hall–Kier alpha value is -2.73. The van der Waals surface area contributed by atoms with E-state index in [0.717, 1.165) is 37.2 Å². The number of piperidine rings is 1. The maximum Gasteiger partial charge on any atom is 0.261 e. The number of nitrogens with zero attached hydrogens (tertiary/aromatic N) is 2. The number of hydrogen-bond donors (Lipinski definition) is 1. The second-order valence-corrected chi connectivity index (χ2v) is 9.00. The minimum absolute atomic E-state index is 0.272. The van der Waals surface area contributed by atoms with Gasteiger partial charge in [-0.2, -0.15) is 0 Å². The maximum atomic E-state index is 12.5. The van der Waals surface area contributed by atoms with Gasteiger partial charge in [0.25, 0.3) is 10.0 Å². The Kier molecular flexibility index (Phi) is 5.13. The molecule has 0 spiro atoms. The van der Waals surface area contributed by atoms with Gasteiger partial charge in [0.2, 0.25) is 0 Å². The number of benzene rings is 2. The van der Waals surface area contributed by atoms with E-state index in [0.29, 0.717) is 11.7 Å². The highest BCUT2D eigenvalue weighted by Crippen LogP contribution is 2.28. The van der Waals surface area contributed by atoms with E-state index in [1.807, 2.05) is 31.2 Å². The Morgan fingerprint density at radius 3 is 2.11 bits per heavy atom. The van der Waals surface area contributed by atoms with Crippen molar-refractivity contribution in [3.8, 4) is 0 Å². The van der Waals surface area contributed by atoms with Gasteiger partial charge < -0.3 is 9.47 Å². The lowest BCUT2D eigenvalue weighted by Crippen LogP contribution is -2.34. The van der Waals surface area contributed by atoms with Crippen LogP contribution < -0.4 is 9.62 Å². The predicted octanol–water partition coefficient (Wildman–Crippen LogP) is 4.44. The van der Waals surface area contributed by atoms with Crippen LogP contribution >= 0.6 is 0 Å². The number of hydrogen-bond acceptors (Lipinski definition) is 3. The lowest BCUT2D eigenvalue weighted by molar-refractivity contribution is 0.397. The first-order valence-electron chi connectivity index (χ1n) is 9.58. The van der Waals surface area contributed by atoms with Crippen LogP contribution in [0.5, 0.6) is 0 Å². The van der Waals surface area contributed by atoms with E-state index in [1.54, 1.807) is 24.3 Å². The smallest absolute Gasteiger partial charge is 0.261 e. The van der Waals surface area contributed by atoms with Crippen molar-refractivity contribution < 1.29 is 8.42 Å². The first kappa shape index (κ1) is 18.6. The fraction of sp³-hybridized carbons (Fsp3) is 0.273. The summed E-state index contributed by atoms with van der Waals surface area (Å²) in [5, 5.41) is 0. The zero-order valence-electron chi connectivity index (χ0n) is 16.0. The molecule has 2 aromatic carbocycles. The van der Waals surface area contributed by atoms with Gasteiger partial charge in [0.1, 0.15) is 0 Å². The van der Waals surface area contributed by atoms with Crippen molar-refractivity contribution in [2.45, 2.75) is 30.7 Å². The van der Waals surface area contributed by atoms with Crippen LogP contribution in [0, 0.1) is 6.92 Å². The molecule has 0 atom stereocenters. The Balaban J connectivity index is 1.39. The second-order valence-electron chi connectivity index (χ2n) is 7.31. The number of rotatable bonds is 5. The predicted molar refractivity (Wildman–Crippen MR) is 113 cm³/mol. The van der Waals surface area contributed by atoms with Crippen molar-refractivity contribution in [2.24, 2.45) is 0 Å². The Bertz CT molecular complexity index is 1000. The first-order chi connectivity index (χ1) is 13.5. The molecule has 28 heavy (non-hydrogen) atoms. The van der Waals surface area contributed by atoms with Gasteiger partial charge in [-0.25, -0.2) is 8.42 Å². The summed E-state index contributed by atoms with van der Waals surface area (Å²) in [5.74, 6) is 0. The van der Waals surface area contributed by atoms with Crippen LogP contribution in [0.15, 0.2) is 78.0 Å². The Morgan fingerprint density at radius 2 is 1.50 bits per heavy atom. The van der Waals surface area contributed by atoms with Gasteiger partial charge in [-0.05, 0) is 68.3 Å². The van der Waals surface area contributed by atoms with E-state index in [1.165, 1.54) is 0 Å². The van der Waals surface area contributed by atoms with E-state index >= 15 is 0 Å². The van der Waals surface area contributed by atoms with Crippen molar-refractivity contribution in [3.05, 3.63) is 78.6 Å². The van der Waals surface area contributed by atoms with Crippen LogP contribution in [0.25, 0.3) is 0 Å². The fourth-order valence-corrected chi connectivity index (χ4v) is 4.74. The van der Waals surface area contributed by atoms with Crippen molar-refractivity contribution in [1.29, 1.82) is 0 Å². The molecule has 0 radical (unpaired) electrons. The average Bonchev–Trinajstić information content (AvgIpc) is 3.24. The molecule has 1 aliphatic rings. The summed E-state index contributed by atoms with van der Waals surface area (Å²) in [6, 6.07) is 19.2. The minimum Gasteiger partial charge on any atom is -0.371 e. The fourth-order valence-electron chi connectivity index (χ4n) is 3.69. The normalized spacial score (nSPS) is 15.5. The van der Waals surface area contributed by atoms with Crippen molar-refractivity contribution in [1.82, 2.24) is 4.57 Å². The van der Waals surface area contributed by atoms with Crippen LogP contribution in [-0.4, -0.2) is 26.1 Å². The summed E-state index contributed by atoms with van der Waals surface area (Å²) in [7, 11) is -3.57. The zero-order chi connectivity index (χ0) is 19.6. The van der Waals surface area contributed by atoms with Crippen LogP contribution in [0.1, 0.15) is 24.4 Å². The summed E-state index contributed by atoms with van der Waals surface area (Å²) >= 11 is 0. The SMILES string of the molecule is Cc1ccc(S(=O)(=O)Nc2ccc(N3CCC(n4cccc4)CC3)cc2)cc1. The summed E-state index contributed by atoms with van der Waals surface area (Å²) in [6.07, 6.45) is 6.48. The van der Waals surface area contributed by atoms with Crippen molar-refractivity contribution in [2.75, 3.05) is 22.7 Å². The van der Waals surface area contributed by atoms with E-state index in [-0.39, 0.29) is 4.90 Å². The molecule has 146 valence electrons. The van der Waals surface area contributed by atoms with Gasteiger partial charge in [-0.1, -0.05) is 17.7 Å². The van der Waals surface area contributed by atoms with Crippen molar-refractivity contribution >= 4 is 21.4 Å². The maximum absolute atomic E-state index is 12.5. The molecule has 1 N–H and O–H groups in total. The highest BCUT2D eigenvalue weighted by Gasteiger charge is 2.20. The van der Waals surface area contributed by atoms with E-state index in [2.05, 4.69) is 38.7 Å². The third-order valence-corrected chi connectivity index (χ3v) is 6.73. The van der Waals surface area contributed by atoms with Crippen LogP contribution in [0.2, 0.25) is 0 Å². The van der Waals surface area contributed by atoms with Crippen LogP contribution in [-0.2, 0) is 10.0 Å². The highest BCUT2D eigenvalue weighted by atomic mass is 32.2. The molecule has 0 amide bonds. The molecule has 6 heteroatoms. The van der Waals surface area contributed by atoms with Gasteiger partial charge in [-0.15, -0.1) is 0 Å². The molecular formula is C22H25N3O2S. The second kappa shape index (κ2) is 7.72. The van der Waals surface area contributed by atoms with Crippen LogP contribution in [0.4, 0.5) is 11.4 Å². The quantitative estimate of drug-likeness (QED) is 0.695. The van der Waals surface area contributed by atoms with E-state index in [9.17, 15) is 8.42 Å². The molecule has 0 bridgehead atoms. The highest BCUT2D eigenvalue weighted by molar-refractivity contribution is 7.92. The lowest BCUT2D eigenvalue weighted by atomic mass is 10.0. The van der Waals surface area contributed by atoms with Gasteiger partial charge in [0.05, 0.1) is 4.90 Å². The standard InChI is InChI=1S/C22H25N3O2S/c1-18-4-10-22(11-5-18)28(26,27)23-19-6-8-20(9-7-19)25-16-12-21(13-17-25)24-14-2-3-15-24/h2-11,14-15,21,23H,12-13,16-17H2,1H3. The zero-order valence-corrected chi connectivity index (χ0v) is 16.8. The topological polar surface area (TPSA) is 54.3 Å². The summed E-state index contributed by atoms with van der Waals surface area (Å²) in [6.45, 7) is 3.93. The first-order valence-corrected chi connectivity index (χ1v) is 11.1. The van der Waals surface area contributed by atoms with Crippen LogP contribution in [0.3, 0.4) is 0 Å². The largest absolute Gasteiger partial charge is 0.371 e. The number of nitrogens with one attached hydrogen (secondary N) is 1. The monoisotopic (exact) mass is 395 g/mol. The molecule has 2 heterocycles. The minimum atomic E-state index is -3.57. The number of anilines is 2. The van der Waals surface area contributed by atoms with Gasteiger partial charge in [0, 0.05) is 42.9 Å². The molecule has 0 unspecified atom stereocenters. The third kappa shape index (κ3) is 4.07. The Labute approximate surface area is 166 Å². The molecule has 5 nitrogen and oxygen atoms in total. The molecular weight excluding hydrogens is 370 g/mol. The summed E-state index contributed by atoms with van der Waals surface area (Å²) in [5.41, 5.74) is 2.74. The van der Waals surface area contributed by atoms with E-state index < -0.39 is 10.0 Å². The molecule has 1 aliphatic heterocycles. The molecule has 4 rings (SSSR count). The van der Waals surface area contributed by atoms with Crippen molar-refractivity contribution in [3.63, 3.8) is 0 Å². The molecule has 1 saturated heterocycles. The lowest BCUT2D eigenvalue weighted by Gasteiger charge is -2.34. The van der Waals surface area contributed by atoms with E-state index in [4.69, 9.17) is 0 Å². The molecule has 1 fully saturated rings. The molecule has 1 aromatic heterocycles.